The predicted octanol–water partition coefficient (Wildman–Crippen LogP) is 1.40. The molecule has 2 nitrogen and oxygen atoms in total. The van der Waals surface area contributed by atoms with Gasteiger partial charge in [-0.2, -0.15) is 0 Å². The Balaban J connectivity index is 2.02. The van der Waals surface area contributed by atoms with Crippen molar-refractivity contribution in [3.63, 3.8) is 0 Å². The monoisotopic (exact) mass is 194 g/mol. The molecule has 0 N–H and O–H groups in total. The maximum absolute atomic E-state index is 5.27. The number of hydrogen-bond acceptors (Lipinski definition) is 2. The predicted molar refractivity (Wildman–Crippen MR) is 63.0 cm³/mol. The SMILES string of the molecule is C#C[C@@H]1C=CC(CC2=N[C@H](C#C)C=C2)=N1. The van der Waals surface area contributed by atoms with Gasteiger partial charge in [-0.1, -0.05) is 11.8 Å². The number of nitrogens with zero attached hydrogens (tertiary/aromatic N) is 2. The molecular weight excluding hydrogens is 184 g/mol. The van der Waals surface area contributed by atoms with Crippen LogP contribution in [0.25, 0.3) is 0 Å². The molecule has 2 aliphatic heterocycles. The number of allylic oxidation sites excluding steroid dienone is 2. The van der Waals surface area contributed by atoms with Gasteiger partial charge in [-0.05, 0) is 24.3 Å². The van der Waals surface area contributed by atoms with E-state index < -0.39 is 0 Å². The Morgan fingerprint density at radius 1 is 1.00 bits per heavy atom. The van der Waals surface area contributed by atoms with Crippen LogP contribution in [0.15, 0.2) is 34.3 Å². The maximum atomic E-state index is 5.27. The van der Waals surface area contributed by atoms with Crippen LogP contribution in [0.2, 0.25) is 0 Å². The molecule has 0 saturated heterocycles. The Labute approximate surface area is 89.5 Å². The lowest BCUT2D eigenvalue weighted by Gasteiger charge is -1.97. The number of rotatable bonds is 2. The summed E-state index contributed by atoms with van der Waals surface area (Å²) in [6.07, 6.45) is 19.0. The van der Waals surface area contributed by atoms with Gasteiger partial charge in [0.25, 0.3) is 0 Å². The van der Waals surface area contributed by atoms with E-state index in [0.29, 0.717) is 6.42 Å². The third-order valence-corrected chi connectivity index (χ3v) is 2.26. The van der Waals surface area contributed by atoms with Crippen molar-refractivity contribution in [1.82, 2.24) is 0 Å². The molecule has 2 rings (SSSR count). The van der Waals surface area contributed by atoms with Gasteiger partial charge in [0.15, 0.2) is 0 Å². The van der Waals surface area contributed by atoms with Crippen LogP contribution in [0.5, 0.6) is 0 Å². The van der Waals surface area contributed by atoms with Crippen molar-refractivity contribution in [2.45, 2.75) is 18.5 Å². The Hall–Kier alpha value is -2.06. The molecule has 0 saturated carbocycles. The minimum Gasteiger partial charge on any atom is -0.269 e. The second-order valence-electron chi connectivity index (χ2n) is 3.36. The highest BCUT2D eigenvalue weighted by atomic mass is 14.8. The molecule has 0 unspecified atom stereocenters. The van der Waals surface area contributed by atoms with Gasteiger partial charge in [0.05, 0.1) is 0 Å². The summed E-state index contributed by atoms with van der Waals surface area (Å²) in [5.41, 5.74) is 1.94. The van der Waals surface area contributed by atoms with Crippen LogP contribution in [0.4, 0.5) is 0 Å². The van der Waals surface area contributed by atoms with Gasteiger partial charge < -0.3 is 0 Å². The fraction of sp³-hybridized carbons (Fsp3) is 0.231. The Morgan fingerprint density at radius 3 is 1.80 bits per heavy atom. The molecule has 0 bridgehead atoms. The third-order valence-electron chi connectivity index (χ3n) is 2.26. The average molecular weight is 194 g/mol. The molecular formula is C13H10N2. The van der Waals surface area contributed by atoms with E-state index in [2.05, 4.69) is 21.8 Å². The van der Waals surface area contributed by atoms with E-state index in [4.69, 9.17) is 12.8 Å². The van der Waals surface area contributed by atoms with Gasteiger partial charge in [-0.3, -0.25) is 9.98 Å². The number of hydrogen-bond donors (Lipinski definition) is 0. The average Bonchev–Trinajstić information content (AvgIpc) is 2.87. The summed E-state index contributed by atoms with van der Waals surface area (Å²) in [4.78, 5) is 8.65. The molecule has 0 amide bonds. The van der Waals surface area contributed by atoms with Crippen molar-refractivity contribution in [3.05, 3.63) is 24.3 Å². The fourth-order valence-electron chi connectivity index (χ4n) is 1.51. The number of terminal acetylenes is 2. The van der Waals surface area contributed by atoms with Gasteiger partial charge >= 0.3 is 0 Å². The van der Waals surface area contributed by atoms with Crippen LogP contribution >= 0.6 is 0 Å². The molecule has 0 aromatic heterocycles. The number of aliphatic imine (C=N–C) groups is 2. The maximum Gasteiger partial charge on any atom is 0.129 e. The minimum absolute atomic E-state index is 0.102. The molecule has 2 heteroatoms. The van der Waals surface area contributed by atoms with Crippen LogP contribution in [0.1, 0.15) is 6.42 Å². The first-order valence-corrected chi connectivity index (χ1v) is 4.74. The Bertz CT molecular complexity index is 420. The van der Waals surface area contributed by atoms with Crippen molar-refractivity contribution in [2.75, 3.05) is 0 Å². The topological polar surface area (TPSA) is 24.7 Å². The van der Waals surface area contributed by atoms with E-state index in [1.165, 1.54) is 0 Å². The van der Waals surface area contributed by atoms with Crippen molar-refractivity contribution >= 4 is 11.4 Å². The first-order valence-electron chi connectivity index (χ1n) is 4.74. The van der Waals surface area contributed by atoms with Crippen molar-refractivity contribution in [3.8, 4) is 24.7 Å². The van der Waals surface area contributed by atoms with Crippen LogP contribution < -0.4 is 0 Å². The van der Waals surface area contributed by atoms with Gasteiger partial charge in [0.2, 0.25) is 0 Å². The Morgan fingerprint density at radius 2 is 1.47 bits per heavy atom. The summed E-state index contributed by atoms with van der Waals surface area (Å²) in [5.74, 6) is 5.15. The minimum atomic E-state index is -0.102. The first kappa shape index (κ1) is 9.49. The molecule has 2 atom stereocenters. The van der Waals surface area contributed by atoms with Crippen LogP contribution in [0.3, 0.4) is 0 Å². The molecule has 2 heterocycles. The fourth-order valence-corrected chi connectivity index (χ4v) is 1.51. The summed E-state index contributed by atoms with van der Waals surface area (Å²) >= 11 is 0. The summed E-state index contributed by atoms with van der Waals surface area (Å²) in [5, 5.41) is 0. The van der Waals surface area contributed by atoms with Crippen molar-refractivity contribution in [2.24, 2.45) is 9.98 Å². The summed E-state index contributed by atoms with van der Waals surface area (Å²) < 4.78 is 0. The highest BCUT2D eigenvalue weighted by Crippen LogP contribution is 2.11. The third kappa shape index (κ3) is 2.06. The van der Waals surface area contributed by atoms with Crippen LogP contribution in [-0.2, 0) is 0 Å². The summed E-state index contributed by atoms with van der Waals surface area (Å²) in [6, 6.07) is -0.205. The lowest BCUT2D eigenvalue weighted by Crippen LogP contribution is -2.02. The first-order chi connectivity index (χ1) is 7.31. The molecule has 0 spiro atoms. The standard InChI is InChI=1S/C13H10N2/c1-3-10-5-7-12(14-10)9-13-8-6-11(4-2)15-13/h1-2,5-8,10-11H,9H2/t10-,11-/m1/s1. The molecule has 0 aromatic carbocycles. The summed E-state index contributed by atoms with van der Waals surface area (Å²) in [6.45, 7) is 0. The largest absolute Gasteiger partial charge is 0.269 e. The highest BCUT2D eigenvalue weighted by molar-refractivity contribution is 6.15. The van der Waals surface area contributed by atoms with Gasteiger partial charge in [0, 0.05) is 17.8 Å². The normalized spacial score (nSPS) is 27.1. The zero-order chi connectivity index (χ0) is 10.7. The zero-order valence-electron chi connectivity index (χ0n) is 8.22. The molecule has 2 aliphatic rings. The molecule has 15 heavy (non-hydrogen) atoms. The lowest BCUT2D eigenvalue weighted by molar-refractivity contribution is 1.08. The molecule has 0 aromatic rings. The smallest absolute Gasteiger partial charge is 0.129 e. The van der Waals surface area contributed by atoms with Crippen molar-refractivity contribution < 1.29 is 0 Å². The molecule has 0 aliphatic carbocycles. The van der Waals surface area contributed by atoms with Crippen LogP contribution in [0, 0.1) is 24.7 Å². The molecule has 0 fully saturated rings. The molecule has 0 radical (unpaired) electrons. The van der Waals surface area contributed by atoms with Gasteiger partial charge in [-0.25, -0.2) is 0 Å². The second-order valence-corrected chi connectivity index (χ2v) is 3.36. The van der Waals surface area contributed by atoms with E-state index in [9.17, 15) is 0 Å². The highest BCUT2D eigenvalue weighted by Gasteiger charge is 2.13. The molecule has 72 valence electrons. The quantitative estimate of drug-likeness (QED) is 0.594. The van der Waals surface area contributed by atoms with E-state index >= 15 is 0 Å². The van der Waals surface area contributed by atoms with Crippen LogP contribution in [-0.4, -0.2) is 23.5 Å². The Kier molecular flexibility index (Phi) is 2.52. The summed E-state index contributed by atoms with van der Waals surface area (Å²) in [7, 11) is 0. The van der Waals surface area contributed by atoms with E-state index in [0.717, 1.165) is 11.4 Å². The van der Waals surface area contributed by atoms with E-state index in [1.807, 2.05) is 24.3 Å². The van der Waals surface area contributed by atoms with E-state index in [1.54, 1.807) is 0 Å². The van der Waals surface area contributed by atoms with E-state index in [-0.39, 0.29) is 12.1 Å². The van der Waals surface area contributed by atoms with Crippen molar-refractivity contribution in [1.29, 1.82) is 0 Å². The van der Waals surface area contributed by atoms with Gasteiger partial charge in [-0.15, -0.1) is 12.8 Å². The van der Waals surface area contributed by atoms with Gasteiger partial charge in [0.1, 0.15) is 12.1 Å². The zero-order valence-corrected chi connectivity index (χ0v) is 8.22. The second kappa shape index (κ2) is 3.98. The lowest BCUT2D eigenvalue weighted by atomic mass is 10.2.